The van der Waals surface area contributed by atoms with Crippen LogP contribution in [-0.2, 0) is 0 Å². The smallest absolute Gasteiger partial charge is 0.155 e. The van der Waals surface area contributed by atoms with Gasteiger partial charge in [0, 0.05) is 0 Å². The van der Waals surface area contributed by atoms with Crippen LogP contribution in [0.25, 0.3) is 11.0 Å². The van der Waals surface area contributed by atoms with Crippen LogP contribution in [0.1, 0.15) is 0 Å². The molecule has 2 N–H and O–H groups in total. The summed E-state index contributed by atoms with van der Waals surface area (Å²) in [5, 5.41) is 0. The lowest BCUT2D eigenvalue weighted by molar-refractivity contribution is 0.227. The molecule has 4 nitrogen and oxygen atoms in total. The first-order valence-electron chi connectivity index (χ1n) is 5.29. The van der Waals surface area contributed by atoms with Gasteiger partial charge in [-0.25, -0.2) is 4.98 Å². The highest BCUT2D eigenvalue weighted by molar-refractivity contribution is 5.86. The Morgan fingerprint density at radius 2 is 1.82 bits per heavy atom. The van der Waals surface area contributed by atoms with E-state index < -0.39 is 0 Å². The number of nitrogen functional groups attached to an aromatic ring is 1. The van der Waals surface area contributed by atoms with Crippen LogP contribution in [0.2, 0.25) is 0 Å². The van der Waals surface area contributed by atoms with Crippen LogP contribution in [0.5, 0.6) is 5.75 Å². The topological polar surface area (TPSA) is 53.1 Å². The second-order valence-corrected chi connectivity index (χ2v) is 3.69. The fraction of sp³-hybridized carbons (Fsp3) is 0. The summed E-state index contributed by atoms with van der Waals surface area (Å²) in [7, 11) is 0. The van der Waals surface area contributed by atoms with Crippen LogP contribution in [0.15, 0.2) is 54.9 Å². The molecule has 0 atom stereocenters. The van der Waals surface area contributed by atoms with E-state index in [2.05, 4.69) is 4.98 Å². The Kier molecular flexibility index (Phi) is 2.19. The van der Waals surface area contributed by atoms with Crippen molar-refractivity contribution in [2.24, 2.45) is 0 Å². The van der Waals surface area contributed by atoms with Crippen molar-refractivity contribution < 1.29 is 4.84 Å². The van der Waals surface area contributed by atoms with Gasteiger partial charge in [-0.2, -0.15) is 4.73 Å². The molecule has 3 aromatic rings. The van der Waals surface area contributed by atoms with Gasteiger partial charge in [0.1, 0.15) is 17.4 Å². The van der Waals surface area contributed by atoms with Crippen LogP contribution in [0, 0.1) is 0 Å². The third kappa shape index (κ3) is 1.69. The first-order valence-corrected chi connectivity index (χ1v) is 5.29. The molecule has 0 bridgehead atoms. The maximum Gasteiger partial charge on any atom is 0.155 e. The molecule has 1 aromatic heterocycles. The minimum Gasteiger partial charge on any atom is -0.397 e. The number of anilines is 1. The zero-order chi connectivity index (χ0) is 11.7. The highest BCUT2D eigenvalue weighted by Crippen LogP contribution is 2.20. The van der Waals surface area contributed by atoms with Gasteiger partial charge < -0.3 is 10.6 Å². The molecule has 17 heavy (non-hydrogen) atoms. The van der Waals surface area contributed by atoms with E-state index in [1.54, 1.807) is 11.1 Å². The number of benzene rings is 2. The standard InChI is InChI=1S/C13H11N3O/c14-11-7-4-8-12-13(11)15-9-16(12)17-10-5-2-1-3-6-10/h1-9H,14H2. The third-order valence-corrected chi connectivity index (χ3v) is 2.52. The molecule has 0 amide bonds. The number of hydrogen-bond donors (Lipinski definition) is 1. The van der Waals surface area contributed by atoms with Gasteiger partial charge in [0.15, 0.2) is 5.75 Å². The molecule has 4 heteroatoms. The average molecular weight is 225 g/mol. The quantitative estimate of drug-likeness (QED) is 0.681. The maximum absolute atomic E-state index is 5.83. The Labute approximate surface area is 98.2 Å². The van der Waals surface area contributed by atoms with Crippen molar-refractivity contribution in [3.05, 3.63) is 54.9 Å². The van der Waals surface area contributed by atoms with Crippen LogP contribution >= 0.6 is 0 Å². The summed E-state index contributed by atoms with van der Waals surface area (Å²) in [6.45, 7) is 0. The second kappa shape index (κ2) is 3.83. The van der Waals surface area contributed by atoms with E-state index in [4.69, 9.17) is 10.6 Å². The lowest BCUT2D eigenvalue weighted by atomic mass is 10.3. The SMILES string of the molecule is Nc1cccc2c1ncn2Oc1ccccc1. The molecular formula is C13H11N3O. The second-order valence-electron chi connectivity index (χ2n) is 3.69. The van der Waals surface area contributed by atoms with Crippen molar-refractivity contribution in [3.63, 3.8) is 0 Å². The van der Waals surface area contributed by atoms with Crippen molar-refractivity contribution >= 4 is 16.7 Å². The number of hydrogen-bond acceptors (Lipinski definition) is 3. The number of aromatic nitrogens is 2. The zero-order valence-corrected chi connectivity index (χ0v) is 9.08. The van der Waals surface area contributed by atoms with Crippen LogP contribution in [0.3, 0.4) is 0 Å². The molecule has 0 saturated carbocycles. The van der Waals surface area contributed by atoms with Crippen molar-refractivity contribution in [2.45, 2.75) is 0 Å². The average Bonchev–Trinajstić information content (AvgIpc) is 2.76. The van der Waals surface area contributed by atoms with Crippen molar-refractivity contribution in [2.75, 3.05) is 5.73 Å². The van der Waals surface area contributed by atoms with E-state index in [1.165, 1.54) is 0 Å². The van der Waals surface area contributed by atoms with E-state index in [9.17, 15) is 0 Å². The molecule has 0 aliphatic heterocycles. The summed E-state index contributed by atoms with van der Waals surface area (Å²) in [5.74, 6) is 0.759. The maximum atomic E-state index is 5.83. The first-order chi connectivity index (χ1) is 8.34. The van der Waals surface area contributed by atoms with E-state index >= 15 is 0 Å². The lowest BCUT2D eigenvalue weighted by Crippen LogP contribution is -2.02. The molecule has 1 heterocycles. The van der Waals surface area contributed by atoms with E-state index in [1.807, 2.05) is 48.5 Å². The molecule has 2 aromatic carbocycles. The Hall–Kier alpha value is -2.49. The lowest BCUT2D eigenvalue weighted by Gasteiger charge is -2.06. The molecule has 3 rings (SSSR count). The Bertz CT molecular complexity index is 646. The van der Waals surface area contributed by atoms with Crippen molar-refractivity contribution in [1.29, 1.82) is 0 Å². The summed E-state index contributed by atoms with van der Waals surface area (Å²) >= 11 is 0. The van der Waals surface area contributed by atoms with Crippen molar-refractivity contribution in [1.82, 2.24) is 9.71 Å². The summed E-state index contributed by atoms with van der Waals surface area (Å²) in [6, 6.07) is 15.2. The van der Waals surface area contributed by atoms with Gasteiger partial charge >= 0.3 is 0 Å². The number of rotatable bonds is 2. The zero-order valence-electron chi connectivity index (χ0n) is 9.08. The van der Waals surface area contributed by atoms with Crippen LogP contribution < -0.4 is 10.6 Å². The Morgan fingerprint density at radius 3 is 2.65 bits per heavy atom. The number of fused-ring (bicyclic) bond motifs is 1. The predicted octanol–water partition coefficient (Wildman–Crippen LogP) is 2.46. The molecule has 0 aliphatic carbocycles. The van der Waals surface area contributed by atoms with Crippen molar-refractivity contribution in [3.8, 4) is 5.75 Å². The molecule has 0 saturated heterocycles. The summed E-state index contributed by atoms with van der Waals surface area (Å²) in [6.07, 6.45) is 1.62. The summed E-state index contributed by atoms with van der Waals surface area (Å²) in [4.78, 5) is 9.91. The van der Waals surface area contributed by atoms with Gasteiger partial charge in [0.25, 0.3) is 0 Å². The predicted molar refractivity (Wildman–Crippen MR) is 66.6 cm³/mol. The molecule has 0 unspecified atom stereocenters. The van der Waals surface area contributed by atoms with Gasteiger partial charge in [-0.3, -0.25) is 0 Å². The number of nitrogens with two attached hydrogens (primary N) is 1. The normalized spacial score (nSPS) is 10.6. The fourth-order valence-corrected chi connectivity index (χ4v) is 1.71. The molecule has 0 radical (unpaired) electrons. The van der Waals surface area contributed by atoms with Gasteiger partial charge in [0.2, 0.25) is 0 Å². The molecule has 0 fully saturated rings. The van der Waals surface area contributed by atoms with Gasteiger partial charge in [-0.05, 0) is 24.3 Å². The number of para-hydroxylation sites is 2. The van der Waals surface area contributed by atoms with Gasteiger partial charge in [-0.15, -0.1) is 0 Å². The van der Waals surface area contributed by atoms with Crippen LogP contribution in [0.4, 0.5) is 5.69 Å². The van der Waals surface area contributed by atoms with Gasteiger partial charge in [0.05, 0.1) is 5.69 Å². The van der Waals surface area contributed by atoms with E-state index in [0.29, 0.717) is 5.69 Å². The third-order valence-electron chi connectivity index (χ3n) is 2.52. The van der Waals surface area contributed by atoms with E-state index in [-0.39, 0.29) is 0 Å². The van der Waals surface area contributed by atoms with E-state index in [0.717, 1.165) is 16.8 Å². The minimum absolute atomic E-state index is 0.651. The minimum atomic E-state index is 0.651. The monoisotopic (exact) mass is 225 g/mol. The number of imidazole rings is 1. The van der Waals surface area contributed by atoms with Crippen LogP contribution in [-0.4, -0.2) is 9.71 Å². The fourth-order valence-electron chi connectivity index (χ4n) is 1.71. The van der Waals surface area contributed by atoms with Gasteiger partial charge in [-0.1, -0.05) is 24.3 Å². The highest BCUT2D eigenvalue weighted by Gasteiger charge is 2.05. The first kappa shape index (κ1) is 9.72. The molecule has 84 valence electrons. The molecule has 0 spiro atoms. The number of nitrogens with zero attached hydrogens (tertiary/aromatic N) is 2. The largest absolute Gasteiger partial charge is 0.397 e. The molecule has 0 aliphatic rings. The highest BCUT2D eigenvalue weighted by atomic mass is 16.7. The Morgan fingerprint density at radius 1 is 1.00 bits per heavy atom. The molecular weight excluding hydrogens is 214 g/mol. The summed E-state index contributed by atoms with van der Waals surface area (Å²) < 4.78 is 1.61. The summed E-state index contributed by atoms with van der Waals surface area (Å²) in [5.41, 5.74) is 8.09. The Balaban J connectivity index is 2.05.